The smallest absolute Gasteiger partial charge is 0.254 e. The van der Waals surface area contributed by atoms with Gasteiger partial charge in [-0.25, -0.2) is 0 Å². The highest BCUT2D eigenvalue weighted by Gasteiger charge is 2.38. The van der Waals surface area contributed by atoms with Crippen LogP contribution < -0.4 is 10.6 Å². The summed E-state index contributed by atoms with van der Waals surface area (Å²) in [6.45, 7) is 5.13. The summed E-state index contributed by atoms with van der Waals surface area (Å²) < 4.78 is 0. The van der Waals surface area contributed by atoms with Crippen molar-refractivity contribution in [2.24, 2.45) is 5.41 Å². The highest BCUT2D eigenvalue weighted by molar-refractivity contribution is 5.97. The number of amides is 1. The summed E-state index contributed by atoms with van der Waals surface area (Å²) in [5.41, 5.74) is 3.77. The second kappa shape index (κ2) is 7.94. The fourth-order valence-electron chi connectivity index (χ4n) is 4.29. The summed E-state index contributed by atoms with van der Waals surface area (Å²) >= 11 is 0. The molecular weight excluding hydrogens is 345 g/mol. The van der Waals surface area contributed by atoms with E-state index in [1.165, 1.54) is 12.0 Å². The van der Waals surface area contributed by atoms with Gasteiger partial charge in [-0.1, -0.05) is 6.07 Å². The Bertz CT molecular complexity index is 578. The lowest BCUT2D eigenvalue weighted by Gasteiger charge is -2.39. The third kappa shape index (κ3) is 3.51. The SMILES string of the molecule is Cl.Cl.O=C(c1cccc2c1CCCN2)N1CCC2(CCNC2)CC1. The number of halogens is 2. The van der Waals surface area contributed by atoms with Crippen molar-refractivity contribution in [2.45, 2.75) is 32.1 Å². The molecule has 2 saturated heterocycles. The molecule has 134 valence electrons. The molecule has 0 unspecified atom stereocenters. The summed E-state index contributed by atoms with van der Waals surface area (Å²) in [4.78, 5) is 15.0. The Hall–Kier alpha value is -0.970. The van der Waals surface area contributed by atoms with E-state index >= 15 is 0 Å². The molecule has 0 atom stereocenters. The number of piperidine rings is 1. The van der Waals surface area contributed by atoms with E-state index in [0.29, 0.717) is 5.41 Å². The van der Waals surface area contributed by atoms with Crippen LogP contribution in [0.4, 0.5) is 5.69 Å². The minimum absolute atomic E-state index is 0. The van der Waals surface area contributed by atoms with E-state index in [4.69, 9.17) is 0 Å². The summed E-state index contributed by atoms with van der Waals surface area (Å²) in [5, 5.41) is 6.91. The minimum atomic E-state index is 0. The predicted molar refractivity (Wildman–Crippen MR) is 103 cm³/mol. The summed E-state index contributed by atoms with van der Waals surface area (Å²) in [6.07, 6.45) is 5.72. The second-order valence-corrected chi connectivity index (χ2v) is 7.08. The normalized spacial score (nSPS) is 21.2. The molecule has 6 heteroatoms. The highest BCUT2D eigenvalue weighted by atomic mass is 35.5. The molecular formula is C18H27Cl2N3O. The van der Waals surface area contributed by atoms with E-state index in [1.807, 2.05) is 12.1 Å². The summed E-state index contributed by atoms with van der Waals surface area (Å²) in [5.74, 6) is 0.237. The van der Waals surface area contributed by atoms with Gasteiger partial charge in [-0.15, -0.1) is 24.8 Å². The van der Waals surface area contributed by atoms with Crippen LogP contribution in [0.1, 0.15) is 41.6 Å². The molecule has 2 fully saturated rings. The van der Waals surface area contributed by atoms with Gasteiger partial charge in [0, 0.05) is 37.4 Å². The van der Waals surface area contributed by atoms with E-state index in [9.17, 15) is 4.79 Å². The number of likely N-dealkylation sites (tertiary alicyclic amines) is 1. The van der Waals surface area contributed by atoms with E-state index in [0.717, 1.165) is 69.7 Å². The van der Waals surface area contributed by atoms with Gasteiger partial charge in [0.1, 0.15) is 0 Å². The van der Waals surface area contributed by atoms with Gasteiger partial charge in [-0.2, -0.15) is 0 Å². The molecule has 0 aromatic heterocycles. The van der Waals surface area contributed by atoms with E-state index in [-0.39, 0.29) is 30.7 Å². The van der Waals surface area contributed by atoms with Crippen molar-refractivity contribution in [3.63, 3.8) is 0 Å². The van der Waals surface area contributed by atoms with Crippen LogP contribution in [-0.2, 0) is 6.42 Å². The molecule has 4 nitrogen and oxygen atoms in total. The Morgan fingerprint density at radius 1 is 1.08 bits per heavy atom. The molecule has 1 aromatic carbocycles. The van der Waals surface area contributed by atoms with Crippen LogP contribution in [-0.4, -0.2) is 43.5 Å². The van der Waals surface area contributed by atoms with Gasteiger partial charge in [-0.05, 0) is 61.8 Å². The first kappa shape index (κ1) is 19.4. The molecule has 0 bridgehead atoms. The molecule has 0 saturated carbocycles. The van der Waals surface area contributed by atoms with E-state index < -0.39 is 0 Å². The van der Waals surface area contributed by atoms with Gasteiger partial charge < -0.3 is 15.5 Å². The number of hydrogen-bond donors (Lipinski definition) is 2. The molecule has 3 aliphatic rings. The van der Waals surface area contributed by atoms with Crippen molar-refractivity contribution < 1.29 is 4.79 Å². The number of carbonyl (C=O) groups excluding carboxylic acids is 1. The molecule has 3 aliphatic heterocycles. The molecule has 3 heterocycles. The zero-order valence-corrected chi connectivity index (χ0v) is 15.6. The van der Waals surface area contributed by atoms with Crippen LogP contribution in [0.3, 0.4) is 0 Å². The maximum absolute atomic E-state index is 13.0. The van der Waals surface area contributed by atoms with Crippen molar-refractivity contribution in [1.82, 2.24) is 10.2 Å². The Kier molecular flexibility index (Phi) is 6.40. The predicted octanol–water partition coefficient (Wildman–Crippen LogP) is 3.10. The third-order valence-corrected chi connectivity index (χ3v) is 5.77. The van der Waals surface area contributed by atoms with Crippen molar-refractivity contribution in [1.29, 1.82) is 0 Å². The number of rotatable bonds is 1. The fourth-order valence-corrected chi connectivity index (χ4v) is 4.29. The maximum Gasteiger partial charge on any atom is 0.254 e. The highest BCUT2D eigenvalue weighted by Crippen LogP contribution is 2.37. The fraction of sp³-hybridized carbons (Fsp3) is 0.611. The van der Waals surface area contributed by atoms with Crippen LogP contribution >= 0.6 is 24.8 Å². The van der Waals surface area contributed by atoms with Gasteiger partial charge in [0.2, 0.25) is 0 Å². The summed E-state index contributed by atoms with van der Waals surface area (Å²) in [6, 6.07) is 6.12. The Morgan fingerprint density at radius 3 is 2.58 bits per heavy atom. The van der Waals surface area contributed by atoms with E-state index in [1.54, 1.807) is 0 Å². The van der Waals surface area contributed by atoms with Crippen molar-refractivity contribution in [3.8, 4) is 0 Å². The van der Waals surface area contributed by atoms with Crippen LogP contribution in [0.5, 0.6) is 0 Å². The van der Waals surface area contributed by atoms with Crippen LogP contribution in [0.15, 0.2) is 18.2 Å². The first-order valence-electron chi connectivity index (χ1n) is 8.63. The average molecular weight is 372 g/mol. The topological polar surface area (TPSA) is 44.4 Å². The maximum atomic E-state index is 13.0. The quantitative estimate of drug-likeness (QED) is 0.796. The number of fused-ring (bicyclic) bond motifs is 1. The minimum Gasteiger partial charge on any atom is -0.385 e. The number of hydrogen-bond acceptors (Lipinski definition) is 3. The largest absolute Gasteiger partial charge is 0.385 e. The standard InChI is InChI=1S/C18H25N3O.2ClH/c22-17(15-3-1-5-16-14(15)4-2-9-20-16)21-11-7-18(8-12-21)6-10-19-13-18;;/h1,3,5,19-20H,2,4,6-13H2;2*1H. The van der Waals surface area contributed by atoms with Gasteiger partial charge in [0.25, 0.3) is 5.91 Å². The first-order valence-corrected chi connectivity index (χ1v) is 8.63. The number of nitrogens with zero attached hydrogens (tertiary/aromatic N) is 1. The lowest BCUT2D eigenvalue weighted by molar-refractivity contribution is 0.0606. The van der Waals surface area contributed by atoms with Gasteiger partial charge in [-0.3, -0.25) is 4.79 Å². The molecule has 1 spiro atoms. The lowest BCUT2D eigenvalue weighted by atomic mass is 9.77. The molecule has 24 heavy (non-hydrogen) atoms. The lowest BCUT2D eigenvalue weighted by Crippen LogP contribution is -2.44. The molecule has 2 N–H and O–H groups in total. The zero-order chi connectivity index (χ0) is 15.0. The van der Waals surface area contributed by atoms with Crippen LogP contribution in [0.2, 0.25) is 0 Å². The second-order valence-electron chi connectivity index (χ2n) is 7.08. The molecule has 4 rings (SSSR count). The molecule has 0 radical (unpaired) electrons. The number of benzene rings is 1. The third-order valence-electron chi connectivity index (χ3n) is 5.77. The van der Waals surface area contributed by atoms with Gasteiger partial charge >= 0.3 is 0 Å². The van der Waals surface area contributed by atoms with Crippen molar-refractivity contribution >= 4 is 36.4 Å². The number of carbonyl (C=O) groups is 1. The molecule has 1 aromatic rings. The first-order chi connectivity index (χ1) is 10.8. The van der Waals surface area contributed by atoms with Crippen LogP contribution in [0, 0.1) is 5.41 Å². The Labute approximate surface area is 156 Å². The molecule has 0 aliphatic carbocycles. The van der Waals surface area contributed by atoms with Gasteiger partial charge in [0.15, 0.2) is 0 Å². The van der Waals surface area contributed by atoms with Gasteiger partial charge in [0.05, 0.1) is 0 Å². The Morgan fingerprint density at radius 2 is 1.88 bits per heavy atom. The monoisotopic (exact) mass is 371 g/mol. The summed E-state index contributed by atoms with van der Waals surface area (Å²) in [7, 11) is 0. The van der Waals surface area contributed by atoms with E-state index in [2.05, 4.69) is 21.6 Å². The van der Waals surface area contributed by atoms with Crippen molar-refractivity contribution in [2.75, 3.05) is 38.0 Å². The number of nitrogens with one attached hydrogen (secondary N) is 2. The van der Waals surface area contributed by atoms with Crippen LogP contribution in [0.25, 0.3) is 0 Å². The molecule has 1 amide bonds. The zero-order valence-electron chi connectivity index (χ0n) is 14.0. The number of anilines is 1. The average Bonchev–Trinajstić information content (AvgIpc) is 3.02. The Balaban J connectivity index is 0.00000104. The van der Waals surface area contributed by atoms with Crippen molar-refractivity contribution in [3.05, 3.63) is 29.3 Å².